The molecule has 2 nitrogen and oxygen atoms in total. The van der Waals surface area contributed by atoms with Crippen LogP contribution in [0.5, 0.6) is 0 Å². The van der Waals surface area contributed by atoms with Crippen molar-refractivity contribution < 1.29 is 0 Å². The lowest BCUT2D eigenvalue weighted by atomic mass is 9.89. The number of hydrogen-bond acceptors (Lipinski definition) is 2. The van der Waals surface area contributed by atoms with Crippen molar-refractivity contribution in [1.82, 2.24) is 5.43 Å². The van der Waals surface area contributed by atoms with E-state index in [1.807, 2.05) is 0 Å². The molecule has 15 heavy (non-hydrogen) atoms. The molecule has 3 N–H and O–H groups in total. The minimum absolute atomic E-state index is 0.483. The van der Waals surface area contributed by atoms with Crippen molar-refractivity contribution in [3.05, 3.63) is 0 Å². The standard InChI is InChI=1S/C13H24N2/c1-2-3-6-11-13(15-14)12-9-7-4-5-8-10-12/h1,12-13,15H,3-11,14H2. The lowest BCUT2D eigenvalue weighted by molar-refractivity contribution is 0.303. The Morgan fingerprint density at radius 2 is 1.93 bits per heavy atom. The smallest absolute Gasteiger partial charge is 0.0239 e. The molecule has 0 spiro atoms. The first-order chi connectivity index (χ1) is 7.38. The maximum absolute atomic E-state index is 5.64. The normalized spacial score (nSPS) is 20.5. The quantitative estimate of drug-likeness (QED) is 0.240. The molecule has 0 aromatic carbocycles. The van der Waals surface area contributed by atoms with Crippen LogP contribution in [0.1, 0.15) is 57.8 Å². The number of hydrazine groups is 1. The molecule has 1 rings (SSSR count). The van der Waals surface area contributed by atoms with Crippen LogP contribution >= 0.6 is 0 Å². The first-order valence-corrected chi connectivity index (χ1v) is 6.28. The summed E-state index contributed by atoms with van der Waals surface area (Å²) in [5.41, 5.74) is 2.99. The molecule has 0 radical (unpaired) electrons. The highest BCUT2D eigenvalue weighted by Gasteiger charge is 2.20. The highest BCUT2D eigenvalue weighted by Crippen LogP contribution is 2.27. The molecule has 2 heteroatoms. The highest BCUT2D eigenvalue weighted by atomic mass is 15.2. The van der Waals surface area contributed by atoms with Gasteiger partial charge in [-0.15, -0.1) is 12.3 Å². The first-order valence-electron chi connectivity index (χ1n) is 6.28. The van der Waals surface area contributed by atoms with Crippen molar-refractivity contribution in [3.63, 3.8) is 0 Å². The van der Waals surface area contributed by atoms with Gasteiger partial charge in [-0.1, -0.05) is 25.7 Å². The van der Waals surface area contributed by atoms with E-state index in [2.05, 4.69) is 11.3 Å². The fourth-order valence-electron chi connectivity index (χ4n) is 2.59. The van der Waals surface area contributed by atoms with E-state index in [1.165, 1.54) is 38.5 Å². The Hall–Kier alpha value is -0.520. The molecule has 1 saturated carbocycles. The lowest BCUT2D eigenvalue weighted by Crippen LogP contribution is -2.40. The van der Waals surface area contributed by atoms with Gasteiger partial charge in [-0.05, 0) is 31.6 Å². The maximum atomic E-state index is 5.64. The van der Waals surface area contributed by atoms with Gasteiger partial charge in [0, 0.05) is 12.5 Å². The van der Waals surface area contributed by atoms with Gasteiger partial charge in [0.1, 0.15) is 0 Å². The Kier molecular flexibility index (Phi) is 6.47. The van der Waals surface area contributed by atoms with E-state index in [1.54, 1.807) is 0 Å². The van der Waals surface area contributed by atoms with Crippen molar-refractivity contribution in [2.75, 3.05) is 0 Å². The SMILES string of the molecule is C#CCCCC(NN)C1CCCCCC1. The van der Waals surface area contributed by atoms with E-state index in [9.17, 15) is 0 Å². The van der Waals surface area contributed by atoms with E-state index < -0.39 is 0 Å². The summed E-state index contributed by atoms with van der Waals surface area (Å²) in [4.78, 5) is 0. The minimum atomic E-state index is 0.483. The number of nitrogens with two attached hydrogens (primary N) is 1. The summed E-state index contributed by atoms with van der Waals surface area (Å²) in [6.45, 7) is 0. The molecule has 1 fully saturated rings. The van der Waals surface area contributed by atoms with Crippen molar-refractivity contribution in [2.24, 2.45) is 11.8 Å². The van der Waals surface area contributed by atoms with Gasteiger partial charge in [-0.25, -0.2) is 0 Å². The van der Waals surface area contributed by atoms with Crippen LogP contribution in [0.25, 0.3) is 0 Å². The summed E-state index contributed by atoms with van der Waals surface area (Å²) in [5, 5.41) is 0. The number of rotatable bonds is 5. The van der Waals surface area contributed by atoms with Gasteiger partial charge in [-0.2, -0.15) is 0 Å². The van der Waals surface area contributed by atoms with Crippen LogP contribution in [-0.4, -0.2) is 6.04 Å². The Morgan fingerprint density at radius 3 is 2.47 bits per heavy atom. The third-order valence-electron chi connectivity index (χ3n) is 3.52. The predicted molar refractivity (Wildman–Crippen MR) is 65.0 cm³/mol. The second kappa shape index (κ2) is 7.73. The van der Waals surface area contributed by atoms with Crippen molar-refractivity contribution in [2.45, 2.75) is 63.8 Å². The van der Waals surface area contributed by atoms with Gasteiger partial charge in [0.15, 0.2) is 0 Å². The minimum Gasteiger partial charge on any atom is -0.271 e. The fraction of sp³-hybridized carbons (Fsp3) is 0.846. The average Bonchev–Trinajstić information content (AvgIpc) is 2.53. The summed E-state index contributed by atoms with van der Waals surface area (Å²) < 4.78 is 0. The zero-order valence-corrected chi connectivity index (χ0v) is 9.67. The Balaban J connectivity index is 2.31. The van der Waals surface area contributed by atoms with Crippen LogP contribution in [0.15, 0.2) is 0 Å². The van der Waals surface area contributed by atoms with Crippen molar-refractivity contribution in [1.29, 1.82) is 0 Å². The molecule has 0 amide bonds. The molecule has 0 aromatic rings. The predicted octanol–water partition coefficient (Wildman–Crippen LogP) is 2.59. The third kappa shape index (κ3) is 4.68. The zero-order valence-electron chi connectivity index (χ0n) is 9.67. The highest BCUT2D eigenvalue weighted by molar-refractivity contribution is 4.85. The van der Waals surface area contributed by atoms with Crippen LogP contribution in [0.3, 0.4) is 0 Å². The molecule has 0 aliphatic heterocycles. The first kappa shape index (κ1) is 12.5. The molecule has 0 saturated heterocycles. The van der Waals surface area contributed by atoms with Crippen LogP contribution in [0, 0.1) is 18.3 Å². The van der Waals surface area contributed by atoms with Gasteiger partial charge < -0.3 is 0 Å². The van der Waals surface area contributed by atoms with Crippen LogP contribution in [0.2, 0.25) is 0 Å². The van der Waals surface area contributed by atoms with Crippen molar-refractivity contribution >= 4 is 0 Å². The van der Waals surface area contributed by atoms with Crippen LogP contribution in [0.4, 0.5) is 0 Å². The second-order valence-electron chi connectivity index (χ2n) is 4.62. The molecular weight excluding hydrogens is 184 g/mol. The number of terminal acetylenes is 1. The summed E-state index contributed by atoms with van der Waals surface area (Å²) in [5.74, 6) is 9.10. The topological polar surface area (TPSA) is 38.0 Å². The van der Waals surface area contributed by atoms with Gasteiger partial charge in [0.25, 0.3) is 0 Å². The lowest BCUT2D eigenvalue weighted by Gasteiger charge is -2.25. The summed E-state index contributed by atoms with van der Waals surface area (Å²) in [7, 11) is 0. The summed E-state index contributed by atoms with van der Waals surface area (Å²) in [6.07, 6.45) is 16.6. The number of nitrogens with one attached hydrogen (secondary N) is 1. The summed E-state index contributed by atoms with van der Waals surface area (Å²) >= 11 is 0. The third-order valence-corrected chi connectivity index (χ3v) is 3.52. The Bertz CT molecular complexity index is 187. The monoisotopic (exact) mass is 208 g/mol. The molecular formula is C13H24N2. The number of unbranched alkanes of at least 4 members (excludes halogenated alkanes) is 1. The van der Waals surface area contributed by atoms with Gasteiger partial charge in [0.05, 0.1) is 0 Å². The Labute approximate surface area is 94.0 Å². The molecule has 86 valence electrons. The molecule has 0 heterocycles. The van der Waals surface area contributed by atoms with E-state index in [4.69, 9.17) is 12.3 Å². The largest absolute Gasteiger partial charge is 0.271 e. The molecule has 1 aliphatic carbocycles. The maximum Gasteiger partial charge on any atom is 0.0239 e. The number of hydrogen-bond donors (Lipinski definition) is 2. The van der Waals surface area contributed by atoms with Crippen LogP contribution < -0.4 is 11.3 Å². The molecule has 1 unspecified atom stereocenters. The van der Waals surface area contributed by atoms with Gasteiger partial charge >= 0.3 is 0 Å². The molecule has 1 aliphatic rings. The fourth-order valence-corrected chi connectivity index (χ4v) is 2.59. The molecule has 0 bridgehead atoms. The molecule has 1 atom stereocenters. The van der Waals surface area contributed by atoms with E-state index in [-0.39, 0.29) is 0 Å². The van der Waals surface area contributed by atoms with Crippen molar-refractivity contribution in [3.8, 4) is 12.3 Å². The van der Waals surface area contributed by atoms with Gasteiger partial charge in [0.2, 0.25) is 0 Å². The van der Waals surface area contributed by atoms with E-state index >= 15 is 0 Å². The average molecular weight is 208 g/mol. The van der Waals surface area contributed by atoms with E-state index in [0.29, 0.717) is 6.04 Å². The summed E-state index contributed by atoms with van der Waals surface area (Å²) in [6, 6.07) is 0.483. The van der Waals surface area contributed by atoms with Crippen LogP contribution in [-0.2, 0) is 0 Å². The zero-order chi connectivity index (χ0) is 10.9. The van der Waals surface area contributed by atoms with Gasteiger partial charge in [-0.3, -0.25) is 11.3 Å². The Morgan fingerprint density at radius 1 is 1.27 bits per heavy atom. The van der Waals surface area contributed by atoms with E-state index in [0.717, 1.165) is 25.2 Å². The second-order valence-corrected chi connectivity index (χ2v) is 4.62. The molecule has 0 aromatic heterocycles.